The second-order valence-corrected chi connectivity index (χ2v) is 8.17. The number of hydrogen-bond donors (Lipinski definition) is 0. The van der Waals surface area contributed by atoms with Gasteiger partial charge in [0.1, 0.15) is 0 Å². The molecule has 0 aliphatic carbocycles. The average molecular weight is 465 g/mol. The zero-order valence-corrected chi connectivity index (χ0v) is 18.7. The Bertz CT molecular complexity index is 1100. The van der Waals surface area contributed by atoms with E-state index >= 15 is 0 Å². The molecule has 8 nitrogen and oxygen atoms in total. The van der Waals surface area contributed by atoms with E-state index in [0.29, 0.717) is 38.3 Å². The number of aromatic nitrogens is 2. The first-order valence-corrected chi connectivity index (χ1v) is 10.5. The smallest absolute Gasteiger partial charge is 0.348 e. The van der Waals surface area contributed by atoms with Crippen LogP contribution in [-0.2, 0) is 11.0 Å². The Morgan fingerprint density at radius 2 is 1.82 bits per heavy atom. The zero-order chi connectivity index (χ0) is 24.3. The first kappa shape index (κ1) is 24.4. The predicted molar refractivity (Wildman–Crippen MR) is 115 cm³/mol. The number of rotatable bonds is 4. The lowest BCUT2D eigenvalue weighted by atomic mass is 10.2. The molecule has 1 aromatic carbocycles. The number of amides is 2. The van der Waals surface area contributed by atoms with E-state index < -0.39 is 23.1 Å². The van der Waals surface area contributed by atoms with Gasteiger partial charge in [-0.3, -0.25) is 19.3 Å². The van der Waals surface area contributed by atoms with Crippen LogP contribution in [0.15, 0.2) is 35.1 Å². The molecule has 1 aliphatic rings. The van der Waals surface area contributed by atoms with Crippen molar-refractivity contribution in [3.8, 4) is 5.69 Å². The van der Waals surface area contributed by atoms with Crippen molar-refractivity contribution in [2.45, 2.75) is 19.5 Å². The maximum atomic E-state index is 13.1. The summed E-state index contributed by atoms with van der Waals surface area (Å²) in [6, 6.07) is 5.74. The maximum Gasteiger partial charge on any atom is 0.416 e. The van der Waals surface area contributed by atoms with Crippen LogP contribution in [-0.4, -0.2) is 83.1 Å². The molecule has 1 aliphatic heterocycles. The number of alkyl halides is 3. The maximum absolute atomic E-state index is 13.1. The summed E-state index contributed by atoms with van der Waals surface area (Å²) in [5.74, 6) is -0.625. The fourth-order valence-electron chi connectivity index (χ4n) is 3.59. The van der Waals surface area contributed by atoms with Crippen molar-refractivity contribution in [2.24, 2.45) is 0 Å². The Labute approximate surface area is 189 Å². The SMILES string of the molecule is Cc1cc(=O)c(C(=O)N2CCCN(CC(=O)N(C)C)CC2)nn1-c1cccc(C(F)(F)F)c1. The summed E-state index contributed by atoms with van der Waals surface area (Å²) in [4.78, 5) is 42.6. The molecule has 33 heavy (non-hydrogen) atoms. The van der Waals surface area contributed by atoms with Crippen molar-refractivity contribution in [2.75, 3.05) is 46.8 Å². The highest BCUT2D eigenvalue weighted by atomic mass is 19.4. The molecule has 0 radical (unpaired) electrons. The lowest BCUT2D eigenvalue weighted by Gasteiger charge is -2.22. The quantitative estimate of drug-likeness (QED) is 0.688. The second kappa shape index (κ2) is 9.74. The molecule has 2 amide bonds. The lowest BCUT2D eigenvalue weighted by Crippen LogP contribution is -2.41. The standard InChI is InChI=1S/C22H26F3N5O3/c1-15-12-18(31)20(26-30(15)17-7-4-6-16(13-17)22(23,24)25)21(33)29-9-5-8-28(10-11-29)14-19(32)27(2)3/h4,6-7,12-13H,5,8-11,14H2,1-3H3. The molecule has 0 unspecified atom stereocenters. The van der Waals surface area contributed by atoms with Crippen LogP contribution in [0.2, 0.25) is 0 Å². The fourth-order valence-corrected chi connectivity index (χ4v) is 3.59. The fraction of sp³-hybridized carbons (Fsp3) is 0.455. The molecule has 2 aromatic rings. The number of nitrogens with zero attached hydrogens (tertiary/aromatic N) is 5. The Hall–Kier alpha value is -3.21. The Balaban J connectivity index is 1.85. The van der Waals surface area contributed by atoms with Gasteiger partial charge >= 0.3 is 6.18 Å². The third kappa shape index (κ3) is 5.78. The molecule has 1 fully saturated rings. The summed E-state index contributed by atoms with van der Waals surface area (Å²) in [5, 5.41) is 4.13. The van der Waals surface area contributed by atoms with E-state index in [1.54, 1.807) is 14.1 Å². The number of aryl methyl sites for hydroxylation is 1. The average Bonchev–Trinajstić information content (AvgIpc) is 2.98. The van der Waals surface area contributed by atoms with Crippen LogP contribution in [0.3, 0.4) is 0 Å². The first-order chi connectivity index (χ1) is 15.5. The van der Waals surface area contributed by atoms with Gasteiger partial charge in [0, 0.05) is 52.0 Å². The molecule has 0 spiro atoms. The Morgan fingerprint density at radius 3 is 2.48 bits per heavy atom. The minimum Gasteiger partial charge on any atom is -0.348 e. The Kier molecular flexibility index (Phi) is 7.21. The van der Waals surface area contributed by atoms with E-state index in [1.165, 1.54) is 39.6 Å². The van der Waals surface area contributed by atoms with Crippen LogP contribution in [0.4, 0.5) is 13.2 Å². The van der Waals surface area contributed by atoms with Gasteiger partial charge in [-0.2, -0.15) is 18.3 Å². The van der Waals surface area contributed by atoms with E-state index in [0.717, 1.165) is 12.1 Å². The lowest BCUT2D eigenvalue weighted by molar-refractivity contribution is -0.137. The van der Waals surface area contributed by atoms with Crippen LogP contribution in [0.5, 0.6) is 0 Å². The van der Waals surface area contributed by atoms with Crippen molar-refractivity contribution >= 4 is 11.8 Å². The van der Waals surface area contributed by atoms with Gasteiger partial charge in [-0.05, 0) is 31.5 Å². The van der Waals surface area contributed by atoms with Gasteiger partial charge in [-0.15, -0.1) is 0 Å². The number of benzene rings is 1. The predicted octanol–water partition coefficient (Wildman–Crippen LogP) is 1.80. The van der Waals surface area contributed by atoms with Crippen molar-refractivity contribution in [3.05, 3.63) is 57.5 Å². The molecular formula is C22H26F3N5O3. The van der Waals surface area contributed by atoms with Crippen LogP contribution >= 0.6 is 0 Å². The van der Waals surface area contributed by atoms with E-state index in [2.05, 4.69) is 5.10 Å². The van der Waals surface area contributed by atoms with Gasteiger partial charge in [0.25, 0.3) is 5.91 Å². The van der Waals surface area contributed by atoms with Gasteiger partial charge < -0.3 is 9.80 Å². The van der Waals surface area contributed by atoms with Gasteiger partial charge in [-0.25, -0.2) is 4.68 Å². The molecule has 178 valence electrons. The van der Waals surface area contributed by atoms with Gasteiger partial charge in [0.2, 0.25) is 11.3 Å². The van der Waals surface area contributed by atoms with E-state index in [-0.39, 0.29) is 23.8 Å². The van der Waals surface area contributed by atoms with Gasteiger partial charge in [0.15, 0.2) is 5.69 Å². The summed E-state index contributed by atoms with van der Waals surface area (Å²) in [6.45, 7) is 3.54. The summed E-state index contributed by atoms with van der Waals surface area (Å²) < 4.78 is 40.5. The molecule has 0 atom stereocenters. The summed E-state index contributed by atoms with van der Waals surface area (Å²) in [6.07, 6.45) is -3.92. The van der Waals surface area contributed by atoms with Crippen LogP contribution in [0, 0.1) is 6.92 Å². The van der Waals surface area contributed by atoms with E-state index in [4.69, 9.17) is 0 Å². The van der Waals surface area contributed by atoms with Crippen LogP contribution in [0.25, 0.3) is 5.69 Å². The van der Waals surface area contributed by atoms with E-state index in [1.807, 2.05) is 4.90 Å². The second-order valence-electron chi connectivity index (χ2n) is 8.17. The minimum atomic E-state index is -4.53. The van der Waals surface area contributed by atoms with Gasteiger partial charge in [0.05, 0.1) is 17.8 Å². The Morgan fingerprint density at radius 1 is 1.09 bits per heavy atom. The highest BCUT2D eigenvalue weighted by Gasteiger charge is 2.31. The number of carbonyl (C=O) groups excluding carboxylic acids is 2. The molecule has 2 heterocycles. The molecule has 1 saturated heterocycles. The van der Waals surface area contributed by atoms with Gasteiger partial charge in [-0.1, -0.05) is 6.07 Å². The van der Waals surface area contributed by atoms with Crippen molar-refractivity contribution in [1.82, 2.24) is 24.5 Å². The highest BCUT2D eigenvalue weighted by Crippen LogP contribution is 2.30. The minimum absolute atomic E-state index is 0.0426. The number of hydrogen-bond acceptors (Lipinski definition) is 5. The monoisotopic (exact) mass is 465 g/mol. The summed E-state index contributed by atoms with van der Waals surface area (Å²) in [7, 11) is 3.35. The normalized spacial score (nSPS) is 15.3. The molecule has 0 N–H and O–H groups in total. The van der Waals surface area contributed by atoms with Crippen LogP contribution in [0.1, 0.15) is 28.2 Å². The molecular weight excluding hydrogens is 439 g/mol. The van der Waals surface area contributed by atoms with Crippen molar-refractivity contribution < 1.29 is 22.8 Å². The topological polar surface area (TPSA) is 78.8 Å². The molecule has 11 heteroatoms. The third-order valence-electron chi connectivity index (χ3n) is 5.46. The molecule has 1 aromatic heterocycles. The molecule has 0 bridgehead atoms. The number of carbonyl (C=O) groups is 2. The third-order valence-corrected chi connectivity index (χ3v) is 5.46. The summed E-state index contributed by atoms with van der Waals surface area (Å²) in [5.41, 5.74) is -1.39. The van der Waals surface area contributed by atoms with Crippen molar-refractivity contribution in [3.63, 3.8) is 0 Å². The molecule has 0 saturated carbocycles. The number of halogens is 3. The summed E-state index contributed by atoms with van der Waals surface area (Å²) >= 11 is 0. The first-order valence-electron chi connectivity index (χ1n) is 10.5. The van der Waals surface area contributed by atoms with Crippen molar-refractivity contribution in [1.29, 1.82) is 0 Å². The van der Waals surface area contributed by atoms with Crippen LogP contribution < -0.4 is 5.43 Å². The number of likely N-dealkylation sites (N-methyl/N-ethyl adjacent to an activating group) is 1. The molecule has 3 rings (SSSR count). The zero-order valence-electron chi connectivity index (χ0n) is 18.7. The highest BCUT2D eigenvalue weighted by molar-refractivity contribution is 5.92. The largest absolute Gasteiger partial charge is 0.416 e. The van der Waals surface area contributed by atoms with E-state index in [9.17, 15) is 27.6 Å².